The zero-order chi connectivity index (χ0) is 23.3. The number of aromatic nitrogens is 3. The standard InChI is InChI=1S/C22H26N4O4S2/c1-6-16-13(2)32-20(19(16)21(28)30-5)23-18(27)12-31-22-25-24-17(26(22)3)11-14-7-9-15(29-4)10-8-14/h7-10H,6,11-12H2,1-5H3,(H,23,27). The number of amides is 1. The summed E-state index contributed by atoms with van der Waals surface area (Å²) in [6.45, 7) is 3.91. The number of ether oxygens (including phenoxy) is 2. The molecule has 0 bridgehead atoms. The van der Waals surface area contributed by atoms with Gasteiger partial charge >= 0.3 is 5.97 Å². The van der Waals surface area contributed by atoms with Crippen LogP contribution in [0.2, 0.25) is 0 Å². The fraction of sp³-hybridized carbons (Fsp3) is 0.364. The average molecular weight is 475 g/mol. The Morgan fingerprint density at radius 1 is 1.19 bits per heavy atom. The van der Waals surface area contributed by atoms with E-state index in [0.717, 1.165) is 27.6 Å². The van der Waals surface area contributed by atoms with Crippen LogP contribution in [0.15, 0.2) is 29.4 Å². The minimum Gasteiger partial charge on any atom is -0.497 e. The number of benzene rings is 1. The SMILES string of the molecule is CCc1c(C)sc(NC(=O)CSc2nnc(Cc3ccc(OC)cc3)n2C)c1C(=O)OC. The molecule has 0 spiro atoms. The van der Waals surface area contributed by atoms with Crippen LogP contribution in [0.3, 0.4) is 0 Å². The Hall–Kier alpha value is -2.85. The molecule has 8 nitrogen and oxygen atoms in total. The number of thioether (sulfide) groups is 1. The Kier molecular flexibility index (Phi) is 7.92. The monoisotopic (exact) mass is 474 g/mol. The summed E-state index contributed by atoms with van der Waals surface area (Å²) in [5, 5.41) is 12.5. The molecular weight excluding hydrogens is 448 g/mol. The van der Waals surface area contributed by atoms with Crippen molar-refractivity contribution in [3.8, 4) is 5.75 Å². The molecule has 10 heteroatoms. The van der Waals surface area contributed by atoms with E-state index in [1.165, 1.54) is 30.2 Å². The third-order valence-electron chi connectivity index (χ3n) is 4.98. The highest BCUT2D eigenvalue weighted by Gasteiger charge is 2.23. The van der Waals surface area contributed by atoms with Crippen molar-refractivity contribution < 1.29 is 19.1 Å². The molecule has 0 unspecified atom stereocenters. The fourth-order valence-corrected chi connectivity index (χ4v) is 5.13. The summed E-state index contributed by atoms with van der Waals surface area (Å²) in [7, 11) is 4.86. The van der Waals surface area contributed by atoms with Crippen LogP contribution in [0, 0.1) is 6.92 Å². The Balaban J connectivity index is 1.64. The number of hydrogen-bond donors (Lipinski definition) is 1. The van der Waals surface area contributed by atoms with Crippen molar-refractivity contribution in [2.24, 2.45) is 7.05 Å². The minimum atomic E-state index is -0.439. The number of aryl methyl sites for hydroxylation is 1. The molecule has 2 heterocycles. The highest BCUT2D eigenvalue weighted by Crippen LogP contribution is 2.34. The van der Waals surface area contributed by atoms with Gasteiger partial charge in [0.15, 0.2) is 5.16 Å². The number of thiophene rings is 1. The lowest BCUT2D eigenvalue weighted by Crippen LogP contribution is -2.16. The Morgan fingerprint density at radius 2 is 1.91 bits per heavy atom. The van der Waals surface area contributed by atoms with Crippen LogP contribution >= 0.6 is 23.1 Å². The maximum Gasteiger partial charge on any atom is 0.341 e. The second-order valence-electron chi connectivity index (χ2n) is 7.01. The molecule has 3 aromatic rings. The van der Waals surface area contributed by atoms with Crippen molar-refractivity contribution in [1.29, 1.82) is 0 Å². The second kappa shape index (κ2) is 10.6. The van der Waals surface area contributed by atoms with Crippen LogP contribution in [0.25, 0.3) is 0 Å². The van der Waals surface area contributed by atoms with Gasteiger partial charge in [-0.2, -0.15) is 0 Å². The van der Waals surface area contributed by atoms with E-state index in [2.05, 4.69) is 15.5 Å². The normalized spacial score (nSPS) is 10.8. The first kappa shape index (κ1) is 23.8. The van der Waals surface area contributed by atoms with E-state index < -0.39 is 5.97 Å². The molecule has 0 fully saturated rings. The number of nitrogens with one attached hydrogen (secondary N) is 1. The van der Waals surface area contributed by atoms with Gasteiger partial charge in [0.2, 0.25) is 5.91 Å². The maximum atomic E-state index is 12.6. The predicted octanol–water partition coefficient (Wildman–Crippen LogP) is 3.86. The van der Waals surface area contributed by atoms with Gasteiger partial charge in [-0.1, -0.05) is 30.8 Å². The first-order valence-corrected chi connectivity index (χ1v) is 11.8. The molecule has 0 radical (unpaired) electrons. The van der Waals surface area contributed by atoms with Crippen molar-refractivity contribution in [2.45, 2.75) is 31.8 Å². The molecule has 0 atom stereocenters. The Morgan fingerprint density at radius 3 is 2.53 bits per heavy atom. The van der Waals surface area contributed by atoms with Crippen molar-refractivity contribution in [1.82, 2.24) is 14.8 Å². The van der Waals surface area contributed by atoms with Crippen LogP contribution in [0.4, 0.5) is 5.00 Å². The van der Waals surface area contributed by atoms with Crippen LogP contribution in [-0.4, -0.2) is 46.6 Å². The second-order valence-corrected chi connectivity index (χ2v) is 9.17. The zero-order valence-corrected chi connectivity index (χ0v) is 20.4. The third kappa shape index (κ3) is 5.31. The Labute approximate surface area is 195 Å². The summed E-state index contributed by atoms with van der Waals surface area (Å²) < 4.78 is 12.0. The molecule has 0 saturated heterocycles. The topological polar surface area (TPSA) is 95.3 Å². The quantitative estimate of drug-likeness (QED) is 0.372. The van der Waals surface area contributed by atoms with Gasteiger partial charge in [0.1, 0.15) is 16.6 Å². The van der Waals surface area contributed by atoms with Gasteiger partial charge < -0.3 is 19.4 Å². The summed E-state index contributed by atoms with van der Waals surface area (Å²) in [6.07, 6.45) is 1.31. The Bertz CT molecular complexity index is 1110. The molecule has 32 heavy (non-hydrogen) atoms. The summed E-state index contributed by atoms with van der Waals surface area (Å²) >= 11 is 2.68. The van der Waals surface area contributed by atoms with Crippen LogP contribution in [0.1, 0.15) is 39.1 Å². The molecular formula is C22H26N4O4S2. The largest absolute Gasteiger partial charge is 0.497 e. The van der Waals surface area contributed by atoms with Crippen LogP contribution in [-0.2, 0) is 29.4 Å². The summed E-state index contributed by atoms with van der Waals surface area (Å²) in [6, 6.07) is 7.79. The maximum absolute atomic E-state index is 12.6. The first-order valence-electron chi connectivity index (χ1n) is 10.0. The van der Waals surface area contributed by atoms with Gasteiger partial charge in [-0.05, 0) is 36.6 Å². The van der Waals surface area contributed by atoms with E-state index >= 15 is 0 Å². The van der Waals surface area contributed by atoms with Crippen LogP contribution in [0.5, 0.6) is 5.75 Å². The van der Waals surface area contributed by atoms with Gasteiger partial charge in [0, 0.05) is 18.3 Å². The van der Waals surface area contributed by atoms with Gasteiger partial charge in [-0.3, -0.25) is 4.79 Å². The van der Waals surface area contributed by atoms with Crippen molar-refractivity contribution >= 4 is 40.0 Å². The number of esters is 1. The molecule has 170 valence electrons. The van der Waals surface area contributed by atoms with Gasteiger partial charge in [-0.25, -0.2) is 4.79 Å². The molecule has 0 aliphatic carbocycles. The number of nitrogens with zero attached hydrogens (tertiary/aromatic N) is 3. The molecule has 2 aromatic heterocycles. The van der Waals surface area contributed by atoms with E-state index in [4.69, 9.17) is 9.47 Å². The van der Waals surface area contributed by atoms with Crippen molar-refractivity contribution in [2.75, 3.05) is 25.3 Å². The highest BCUT2D eigenvalue weighted by atomic mass is 32.2. The molecule has 0 aliphatic rings. The van der Waals surface area contributed by atoms with Crippen LogP contribution < -0.4 is 10.1 Å². The number of carbonyl (C=O) groups excluding carboxylic acids is 2. The van der Waals surface area contributed by atoms with Crippen molar-refractivity contribution in [3.05, 3.63) is 51.7 Å². The van der Waals surface area contributed by atoms with E-state index in [9.17, 15) is 9.59 Å². The number of hydrogen-bond acceptors (Lipinski definition) is 8. The highest BCUT2D eigenvalue weighted by molar-refractivity contribution is 7.99. The predicted molar refractivity (Wildman–Crippen MR) is 126 cm³/mol. The number of anilines is 1. The molecule has 1 N–H and O–H groups in total. The van der Waals surface area contributed by atoms with E-state index in [-0.39, 0.29) is 11.7 Å². The molecule has 3 rings (SSSR count). The summed E-state index contributed by atoms with van der Waals surface area (Å²) in [5.74, 6) is 1.09. The van der Waals surface area contributed by atoms with E-state index in [1.54, 1.807) is 7.11 Å². The zero-order valence-electron chi connectivity index (χ0n) is 18.7. The molecule has 1 amide bonds. The summed E-state index contributed by atoms with van der Waals surface area (Å²) in [4.78, 5) is 25.8. The van der Waals surface area contributed by atoms with Gasteiger partial charge in [0.05, 0.1) is 25.5 Å². The number of methoxy groups -OCH3 is 2. The van der Waals surface area contributed by atoms with Gasteiger partial charge in [-0.15, -0.1) is 21.5 Å². The smallest absolute Gasteiger partial charge is 0.341 e. The van der Waals surface area contributed by atoms with Crippen molar-refractivity contribution in [3.63, 3.8) is 0 Å². The fourth-order valence-electron chi connectivity index (χ4n) is 3.25. The van der Waals surface area contributed by atoms with E-state index in [1.807, 2.05) is 49.7 Å². The third-order valence-corrected chi connectivity index (χ3v) is 7.07. The lowest BCUT2D eigenvalue weighted by atomic mass is 10.1. The average Bonchev–Trinajstić information content (AvgIpc) is 3.30. The number of carbonyl (C=O) groups is 2. The molecule has 0 saturated carbocycles. The minimum absolute atomic E-state index is 0.146. The first-order chi connectivity index (χ1) is 15.4. The summed E-state index contributed by atoms with van der Waals surface area (Å²) in [5.41, 5.74) is 2.43. The molecule has 1 aromatic carbocycles. The molecule has 0 aliphatic heterocycles. The van der Waals surface area contributed by atoms with E-state index in [0.29, 0.717) is 28.6 Å². The van der Waals surface area contributed by atoms with Gasteiger partial charge in [0.25, 0.3) is 0 Å². The number of rotatable bonds is 9. The lowest BCUT2D eigenvalue weighted by Gasteiger charge is -2.07. The lowest BCUT2D eigenvalue weighted by molar-refractivity contribution is -0.113.